The summed E-state index contributed by atoms with van der Waals surface area (Å²) in [6.45, 7) is 5.33. The Labute approximate surface area is 189 Å². The Morgan fingerprint density at radius 1 is 1.09 bits per heavy atom. The van der Waals surface area contributed by atoms with Gasteiger partial charge in [0.2, 0.25) is 5.91 Å². The molecule has 1 heterocycles. The average Bonchev–Trinajstić information content (AvgIpc) is 2.69. The zero-order valence-electron chi connectivity index (χ0n) is 19.0. The number of ketones is 1. The van der Waals surface area contributed by atoms with Crippen molar-refractivity contribution in [3.05, 3.63) is 59.2 Å². The Kier molecular flexibility index (Phi) is 9.38. The number of aliphatic hydroxyl groups excluding tert-OH is 2. The number of ether oxygens (including phenoxy) is 1. The predicted octanol–water partition coefficient (Wildman–Crippen LogP) is 3.06. The molecule has 1 aliphatic heterocycles. The Bertz CT molecular complexity index is 917. The Hall–Kier alpha value is -2.74. The van der Waals surface area contributed by atoms with E-state index in [2.05, 4.69) is 5.32 Å². The molecule has 1 aromatic carbocycles. The number of nitrogens with one attached hydrogen (secondary N) is 1. The van der Waals surface area contributed by atoms with E-state index >= 15 is 0 Å². The first-order valence-corrected chi connectivity index (χ1v) is 10.7. The Morgan fingerprint density at radius 2 is 1.81 bits per heavy atom. The summed E-state index contributed by atoms with van der Waals surface area (Å²) in [5, 5.41) is 33.6. The van der Waals surface area contributed by atoms with E-state index in [1.807, 2.05) is 13.0 Å². The maximum atomic E-state index is 12.6. The topological polar surface area (TPSA) is 116 Å². The summed E-state index contributed by atoms with van der Waals surface area (Å²) < 4.78 is 5.27. The van der Waals surface area contributed by atoms with Crippen LogP contribution in [0.25, 0.3) is 0 Å². The van der Waals surface area contributed by atoms with Crippen LogP contribution in [0, 0.1) is 5.92 Å². The molecule has 0 aliphatic carbocycles. The van der Waals surface area contributed by atoms with Crippen LogP contribution in [0.1, 0.15) is 39.2 Å². The van der Waals surface area contributed by atoms with E-state index in [1.165, 1.54) is 13.2 Å². The normalized spacial score (nSPS) is 30.6. The van der Waals surface area contributed by atoms with E-state index in [-0.39, 0.29) is 24.4 Å². The number of hydrogen-bond acceptors (Lipinski definition) is 6. The highest BCUT2D eigenvalue weighted by molar-refractivity contribution is 5.91. The largest absolute Gasteiger partial charge is 0.508 e. The molecular weight excluding hydrogens is 410 g/mol. The zero-order valence-corrected chi connectivity index (χ0v) is 19.0. The lowest BCUT2D eigenvalue weighted by Gasteiger charge is -2.19. The van der Waals surface area contributed by atoms with Crippen molar-refractivity contribution in [3.63, 3.8) is 0 Å². The van der Waals surface area contributed by atoms with E-state index < -0.39 is 30.1 Å². The molecule has 1 aromatic rings. The van der Waals surface area contributed by atoms with Crippen LogP contribution < -0.4 is 5.32 Å². The van der Waals surface area contributed by atoms with Gasteiger partial charge in [-0.1, -0.05) is 30.7 Å². The molecule has 0 spiro atoms. The lowest BCUT2D eigenvalue weighted by Crippen LogP contribution is -2.28. The summed E-state index contributed by atoms with van der Waals surface area (Å²) in [7, 11) is 1.44. The van der Waals surface area contributed by atoms with Crippen molar-refractivity contribution in [3.8, 4) is 5.75 Å². The summed E-state index contributed by atoms with van der Waals surface area (Å²) in [6.07, 6.45) is 4.35. The summed E-state index contributed by atoms with van der Waals surface area (Å²) in [5.41, 5.74) is 2.73. The van der Waals surface area contributed by atoms with Crippen molar-refractivity contribution in [1.82, 2.24) is 0 Å². The Balaban J connectivity index is 2.38. The standard InChI is InChI=1S/C25H33NO6/c1-15-6-5-7-24(32-4)23(30)13-21(28)16(2)9-17(3)22(29)14-25(31)26-19-10-18(8-15)11-20(27)12-19/h5-7,9-12,16,21-22,24,27-29H,8,13-14H2,1-4H3,(H,26,31)/b7-5-,15-6+,17-9+. The second-order valence-corrected chi connectivity index (χ2v) is 8.39. The number of anilines is 1. The molecule has 2 bridgehead atoms. The van der Waals surface area contributed by atoms with Crippen molar-refractivity contribution >= 4 is 17.4 Å². The maximum absolute atomic E-state index is 12.6. The molecule has 4 unspecified atom stereocenters. The van der Waals surface area contributed by atoms with Crippen LogP contribution in [0.15, 0.2) is 53.6 Å². The molecule has 7 nitrogen and oxygen atoms in total. The summed E-state index contributed by atoms with van der Waals surface area (Å²) in [4.78, 5) is 25.0. The predicted molar refractivity (Wildman–Crippen MR) is 123 cm³/mol. The number of amides is 1. The number of carbonyl (C=O) groups excluding carboxylic acids is 2. The van der Waals surface area contributed by atoms with E-state index in [9.17, 15) is 24.9 Å². The maximum Gasteiger partial charge on any atom is 0.227 e. The monoisotopic (exact) mass is 443 g/mol. The quantitative estimate of drug-likeness (QED) is 0.496. The van der Waals surface area contributed by atoms with Crippen LogP contribution in [-0.2, 0) is 20.7 Å². The highest BCUT2D eigenvalue weighted by Gasteiger charge is 2.23. The number of allylic oxidation sites excluding steroid dienone is 3. The van der Waals surface area contributed by atoms with Crippen LogP contribution in [0.5, 0.6) is 5.75 Å². The molecule has 0 radical (unpaired) electrons. The first-order chi connectivity index (χ1) is 15.1. The number of aromatic hydroxyl groups is 1. The summed E-state index contributed by atoms with van der Waals surface area (Å²) >= 11 is 0. The van der Waals surface area contributed by atoms with E-state index in [0.29, 0.717) is 17.7 Å². The molecule has 0 aromatic heterocycles. The fourth-order valence-corrected chi connectivity index (χ4v) is 3.56. The second-order valence-electron chi connectivity index (χ2n) is 8.39. The van der Waals surface area contributed by atoms with Gasteiger partial charge in [-0.05, 0) is 49.6 Å². The zero-order chi connectivity index (χ0) is 23.8. The van der Waals surface area contributed by atoms with Gasteiger partial charge in [0.05, 0.1) is 18.6 Å². The minimum atomic E-state index is -1.04. The lowest BCUT2D eigenvalue weighted by atomic mass is 9.94. The molecule has 0 saturated carbocycles. The average molecular weight is 444 g/mol. The molecule has 32 heavy (non-hydrogen) atoms. The molecule has 7 heteroatoms. The van der Waals surface area contributed by atoms with Gasteiger partial charge >= 0.3 is 0 Å². The molecule has 4 atom stereocenters. The number of Topliss-reactive ketones (excluding diaryl/α,β-unsaturated/α-hetero) is 1. The third kappa shape index (κ3) is 7.75. The molecular formula is C25H33NO6. The number of hydrogen-bond donors (Lipinski definition) is 4. The number of rotatable bonds is 1. The fourth-order valence-electron chi connectivity index (χ4n) is 3.56. The van der Waals surface area contributed by atoms with E-state index in [1.54, 1.807) is 44.2 Å². The number of fused-ring (bicyclic) bond motifs is 2. The fraction of sp³-hybridized carbons (Fsp3) is 0.440. The summed E-state index contributed by atoms with van der Waals surface area (Å²) in [6, 6.07) is 4.83. The molecule has 0 fully saturated rings. The summed E-state index contributed by atoms with van der Waals surface area (Å²) in [5.74, 6) is -1.04. The number of carbonyl (C=O) groups is 2. The number of methoxy groups -OCH3 is 1. The molecule has 1 amide bonds. The number of phenols is 1. The highest BCUT2D eigenvalue weighted by atomic mass is 16.5. The van der Waals surface area contributed by atoms with E-state index in [4.69, 9.17) is 4.74 Å². The third-order valence-corrected chi connectivity index (χ3v) is 5.43. The number of aliphatic hydroxyl groups is 2. The van der Waals surface area contributed by atoms with E-state index in [0.717, 1.165) is 11.1 Å². The van der Waals surface area contributed by atoms with Crippen LogP contribution in [0.3, 0.4) is 0 Å². The minimum Gasteiger partial charge on any atom is -0.508 e. The molecule has 4 N–H and O–H groups in total. The van der Waals surface area contributed by atoms with Gasteiger partial charge in [0, 0.05) is 31.2 Å². The van der Waals surface area contributed by atoms with Crippen molar-refractivity contribution < 1.29 is 29.6 Å². The van der Waals surface area contributed by atoms with Gasteiger partial charge < -0.3 is 25.4 Å². The molecule has 2 rings (SSSR count). The smallest absolute Gasteiger partial charge is 0.227 e. The van der Waals surface area contributed by atoms with Gasteiger partial charge in [0.15, 0.2) is 5.78 Å². The van der Waals surface area contributed by atoms with Crippen LogP contribution in [0.4, 0.5) is 5.69 Å². The van der Waals surface area contributed by atoms with Gasteiger partial charge in [-0.25, -0.2) is 0 Å². The molecule has 0 saturated heterocycles. The molecule has 174 valence electrons. The number of phenolic OH excluding ortho intramolecular Hbond substituents is 1. The van der Waals surface area contributed by atoms with Gasteiger partial charge in [-0.3, -0.25) is 9.59 Å². The third-order valence-electron chi connectivity index (χ3n) is 5.43. The Morgan fingerprint density at radius 3 is 2.50 bits per heavy atom. The van der Waals surface area contributed by atoms with Crippen molar-refractivity contribution in [2.45, 2.75) is 58.3 Å². The first-order valence-electron chi connectivity index (χ1n) is 10.7. The van der Waals surface area contributed by atoms with Crippen LogP contribution in [0.2, 0.25) is 0 Å². The second kappa shape index (κ2) is 11.8. The highest BCUT2D eigenvalue weighted by Crippen LogP contribution is 2.23. The van der Waals surface area contributed by atoms with Crippen molar-refractivity contribution in [2.24, 2.45) is 5.92 Å². The van der Waals surface area contributed by atoms with Crippen LogP contribution in [-0.4, -0.2) is 52.4 Å². The molecule has 1 aliphatic rings. The first kappa shape index (κ1) is 25.5. The van der Waals surface area contributed by atoms with Crippen LogP contribution >= 0.6 is 0 Å². The SMILES string of the molecule is COC1/C=C\C=C(/C)Cc2cc(O)cc(c2)NC(=O)CC(O)/C(C)=C/C(C)C(O)CC1=O. The van der Waals surface area contributed by atoms with Gasteiger partial charge in [-0.2, -0.15) is 0 Å². The van der Waals surface area contributed by atoms with Crippen molar-refractivity contribution in [1.29, 1.82) is 0 Å². The minimum absolute atomic E-state index is 0.0246. The number of benzene rings is 1. The van der Waals surface area contributed by atoms with Gasteiger partial charge in [-0.15, -0.1) is 0 Å². The lowest BCUT2D eigenvalue weighted by molar-refractivity contribution is -0.128. The van der Waals surface area contributed by atoms with Gasteiger partial charge in [0.25, 0.3) is 0 Å². The van der Waals surface area contributed by atoms with Crippen molar-refractivity contribution in [2.75, 3.05) is 12.4 Å². The van der Waals surface area contributed by atoms with Gasteiger partial charge in [0.1, 0.15) is 11.9 Å².